The number of carbonyl (C=O) groups is 4. The molecule has 24 heteroatoms. The zero-order valence-corrected chi connectivity index (χ0v) is 36.0. The van der Waals surface area contributed by atoms with Crippen LogP contribution in [0.5, 0.6) is 0 Å². The average Bonchev–Trinajstić information content (AvgIpc) is 3.84. The molecule has 342 valence electrons. The van der Waals surface area contributed by atoms with Gasteiger partial charge >= 0.3 is 5.97 Å². The summed E-state index contributed by atoms with van der Waals surface area (Å²) < 4.78 is 28.1. The van der Waals surface area contributed by atoms with Crippen LogP contribution in [-0.2, 0) is 19.9 Å². The van der Waals surface area contributed by atoms with Crippen molar-refractivity contribution in [3.05, 3.63) is 153 Å². The molecule has 7 rings (SSSR count). The Morgan fingerprint density at radius 1 is 0.875 bits per heavy atom. The minimum Gasteiger partial charge on any atom is -0.480 e. The van der Waals surface area contributed by atoms with E-state index in [-0.39, 0.29) is 47.2 Å². The number of aliphatic carboxylic acids is 1. The van der Waals surface area contributed by atoms with Crippen molar-refractivity contribution >= 4 is 87.4 Å². The van der Waals surface area contributed by atoms with Crippen LogP contribution in [0.15, 0.2) is 79.0 Å². The fourth-order valence-electron chi connectivity index (χ4n) is 6.72. The van der Waals surface area contributed by atoms with E-state index >= 15 is 4.39 Å². The Labute approximate surface area is 381 Å². The Morgan fingerprint density at radius 2 is 1.47 bits per heavy atom. The summed E-state index contributed by atoms with van der Waals surface area (Å²) in [5.74, 6) is -5.37. The molecule has 0 radical (unpaired) electrons. The van der Waals surface area contributed by atoms with Crippen molar-refractivity contribution in [2.24, 2.45) is 5.73 Å². The van der Waals surface area contributed by atoms with Gasteiger partial charge in [-0.05, 0) is 55.3 Å². The Hall–Kier alpha value is -5.68. The first-order valence-electron chi connectivity index (χ1n) is 18.3. The van der Waals surface area contributed by atoms with Gasteiger partial charge in [0, 0.05) is 63.7 Å². The van der Waals surface area contributed by atoms with Gasteiger partial charge in [-0.25, -0.2) is 8.78 Å². The number of Topliss-reactive ketones (excluding diaryl/α,β-unsaturated/α-hetero) is 1. The number of carboxylic acids is 1. The van der Waals surface area contributed by atoms with Crippen molar-refractivity contribution < 1.29 is 58.2 Å². The number of amides is 2. The summed E-state index contributed by atoms with van der Waals surface area (Å²) >= 11 is 23.1. The van der Waals surface area contributed by atoms with Crippen LogP contribution in [-0.4, -0.2) is 92.3 Å². The Morgan fingerprint density at radius 3 is 2.03 bits per heavy atom. The zero-order chi connectivity index (χ0) is 48.1. The lowest BCUT2D eigenvalue weighted by Crippen LogP contribution is -2.49. The van der Waals surface area contributed by atoms with Crippen molar-refractivity contribution in [1.29, 1.82) is 0 Å². The highest BCUT2D eigenvalue weighted by molar-refractivity contribution is 6.52. The topological polar surface area (TPSA) is 298 Å². The predicted octanol–water partition coefficient (Wildman–Crippen LogP) is 5.65. The molecule has 0 saturated carbocycles. The van der Waals surface area contributed by atoms with Crippen molar-refractivity contribution in [3.8, 4) is 0 Å². The van der Waals surface area contributed by atoms with Crippen LogP contribution in [0.25, 0.3) is 6.08 Å². The van der Waals surface area contributed by atoms with Gasteiger partial charge in [0.15, 0.2) is 0 Å². The molecule has 0 bridgehead atoms. The quantitative estimate of drug-likeness (QED) is 0.0571. The van der Waals surface area contributed by atoms with Crippen molar-refractivity contribution in [2.75, 3.05) is 31.0 Å². The molecule has 64 heavy (non-hydrogen) atoms. The number of aliphatic hydroxyl groups excluding tert-OH is 3. The number of rotatable bonds is 9. The first kappa shape index (κ1) is 52.7. The van der Waals surface area contributed by atoms with E-state index in [0.717, 1.165) is 13.2 Å². The van der Waals surface area contributed by atoms with Crippen LogP contribution < -0.4 is 21.7 Å². The van der Waals surface area contributed by atoms with Gasteiger partial charge in [-0.2, -0.15) is 0 Å². The molecule has 9 N–H and O–H groups in total. The Balaban J connectivity index is 0.000000257. The zero-order valence-electron chi connectivity index (χ0n) is 33.0. The maximum atomic E-state index is 15.0. The van der Waals surface area contributed by atoms with E-state index in [0.29, 0.717) is 38.7 Å². The van der Waals surface area contributed by atoms with Gasteiger partial charge in [-0.3, -0.25) is 44.7 Å². The number of aliphatic hydroxyl groups is 3. The number of ketones is 1. The number of benzene rings is 4. The monoisotopic (exact) mass is 972 g/mol. The molecule has 1 spiro atoms. The smallest absolute Gasteiger partial charge is 0.320 e. The number of nitrogens with two attached hydrogens (primary N) is 1. The largest absolute Gasteiger partial charge is 0.480 e. The minimum atomic E-state index is -1.61. The van der Waals surface area contributed by atoms with E-state index in [1.165, 1.54) is 48.5 Å². The fraction of sp³-hybridized carbons (Fsp3) is 0.250. The first-order valence-corrected chi connectivity index (χ1v) is 19.8. The summed E-state index contributed by atoms with van der Waals surface area (Å²) in [6.45, 7) is -0.509. The summed E-state index contributed by atoms with van der Waals surface area (Å²) in [4.78, 5) is 65.7. The fourth-order valence-corrected chi connectivity index (χ4v) is 7.42. The summed E-state index contributed by atoms with van der Waals surface area (Å²) in [7, 11) is 1.00. The maximum Gasteiger partial charge on any atom is 0.320 e. The summed E-state index contributed by atoms with van der Waals surface area (Å²) in [6, 6.07) is 14.7. The molecule has 0 unspecified atom stereocenters. The second-order valence-corrected chi connectivity index (χ2v) is 15.0. The molecule has 5 atom stereocenters. The van der Waals surface area contributed by atoms with E-state index in [2.05, 4.69) is 16.0 Å². The molecule has 3 aliphatic rings. The van der Waals surface area contributed by atoms with Crippen LogP contribution in [0.3, 0.4) is 0 Å². The van der Waals surface area contributed by atoms with Crippen molar-refractivity contribution in [2.45, 2.75) is 42.4 Å². The summed E-state index contributed by atoms with van der Waals surface area (Å²) in [5.41, 5.74) is 5.15. The number of nitrogens with zero attached hydrogens (tertiary/aromatic N) is 2. The van der Waals surface area contributed by atoms with Crippen LogP contribution in [0.4, 0.5) is 20.2 Å². The molecule has 4 aromatic carbocycles. The van der Waals surface area contributed by atoms with E-state index in [9.17, 15) is 48.9 Å². The third-order valence-corrected chi connectivity index (χ3v) is 10.5. The first-order chi connectivity index (χ1) is 30.3. The molecular weight excluding hydrogens is 936 g/mol. The second kappa shape index (κ2) is 23.8. The molecule has 18 nitrogen and oxygen atoms in total. The number of fused-ring (bicyclic) bond motifs is 3. The molecule has 1 fully saturated rings. The number of nitro groups is 2. The van der Waals surface area contributed by atoms with Crippen LogP contribution in [0, 0.1) is 31.9 Å². The van der Waals surface area contributed by atoms with Gasteiger partial charge in [0.25, 0.3) is 11.7 Å². The normalized spacial score (nSPS) is 19.2. The van der Waals surface area contributed by atoms with Gasteiger partial charge in [-0.15, -0.1) is 0 Å². The number of halogens is 6. The van der Waals surface area contributed by atoms with Crippen LogP contribution in [0.2, 0.25) is 20.1 Å². The third kappa shape index (κ3) is 12.3. The average molecular weight is 975 g/mol. The van der Waals surface area contributed by atoms with E-state index < -0.39 is 74.6 Å². The number of anilines is 2. The number of carbonyl (C=O) groups excluding carboxylic acids is 3. The molecule has 2 amide bonds. The molecule has 0 aliphatic carbocycles. The highest BCUT2D eigenvalue weighted by Crippen LogP contribution is 2.53. The van der Waals surface area contributed by atoms with Crippen molar-refractivity contribution in [1.82, 2.24) is 5.32 Å². The summed E-state index contributed by atoms with van der Waals surface area (Å²) in [5, 5.41) is 63.4. The van der Waals surface area contributed by atoms with Gasteiger partial charge in [0.2, 0.25) is 18.1 Å². The minimum absolute atomic E-state index is 0.0162. The molecule has 3 aliphatic heterocycles. The van der Waals surface area contributed by atoms with E-state index in [4.69, 9.17) is 67.5 Å². The summed E-state index contributed by atoms with van der Waals surface area (Å²) in [6.07, 6.45) is 1.85. The lowest BCUT2D eigenvalue weighted by molar-refractivity contribution is -0.527. The maximum absolute atomic E-state index is 15.0. The van der Waals surface area contributed by atoms with Gasteiger partial charge < -0.3 is 36.8 Å². The highest BCUT2D eigenvalue weighted by atomic mass is 35.5. The molecule has 3 heterocycles. The van der Waals surface area contributed by atoms with Gasteiger partial charge in [-0.1, -0.05) is 76.7 Å². The van der Waals surface area contributed by atoms with E-state index in [1.807, 2.05) is 0 Å². The van der Waals surface area contributed by atoms with Crippen molar-refractivity contribution in [3.63, 3.8) is 0 Å². The van der Waals surface area contributed by atoms with Crippen LogP contribution in [0.1, 0.15) is 45.8 Å². The second-order valence-electron chi connectivity index (χ2n) is 13.3. The Bertz CT molecular complexity index is 2430. The molecule has 0 aromatic heterocycles. The predicted molar refractivity (Wildman–Crippen MR) is 233 cm³/mol. The SMILES string of the molecule is CO.N[C@@H](CCO)C(=O)O.O=C1Nc2cc(Cl)ccc2C1=O.O=C1Nc2cc(Cl)ccc2[C@]12N[C@@H](CCO)[C@@H]([N+](=O)[O-])[C@@H]2c1cccc(Cl)c1F.O=[N+]([O-])/C=C/c1cccc(Cl)c1F. The van der Waals surface area contributed by atoms with Gasteiger partial charge in [0.05, 0.1) is 38.2 Å². The molecule has 4 aromatic rings. The third-order valence-electron chi connectivity index (χ3n) is 9.44. The van der Waals surface area contributed by atoms with Gasteiger partial charge in [0.1, 0.15) is 23.2 Å². The van der Waals surface area contributed by atoms with E-state index in [1.54, 1.807) is 24.3 Å². The molecular formula is C40H38Cl4F2N6O12. The Kier molecular flexibility index (Phi) is 19.6. The standard InChI is InChI=1S/C19H16Cl2FN3O4.C8H5ClFNO2.C8H4ClNO2.C4H9NO3.CH4O/c20-9-4-5-11-14(8-9)23-18(27)19(11)15(10-2-1-3-12(21)16(10)22)17(25(28)29)13(24-19)6-7-26;9-7-3-1-2-6(8(7)10)4-5-11(12)13;9-4-1-2-5-6(3-4)10-8(12)7(5)11;5-3(1-2-6)4(7)8;1-2/h1-5,8,13,15,17,24,26H,6-7H2,(H,23,27);1-5H;1-3H,(H,10,11,12);3,6H,1-2,5H2,(H,7,8);2H,1H3/b;5-4+;;;/t13-,15-,17+,19+;;;3-;/m0..0./s1. The molecule has 1 saturated heterocycles. The number of nitrogens with one attached hydrogen (secondary N) is 3. The lowest BCUT2D eigenvalue weighted by atomic mass is 9.74. The van der Waals surface area contributed by atoms with Crippen LogP contribution >= 0.6 is 46.4 Å². The number of carboxylic acid groups (broad SMARTS) is 1. The number of hydrogen-bond acceptors (Lipinski definition) is 13. The highest BCUT2D eigenvalue weighted by Gasteiger charge is 2.67. The number of hydrogen-bond donors (Lipinski definition) is 8. The lowest BCUT2D eigenvalue weighted by Gasteiger charge is -2.30.